The lowest BCUT2D eigenvalue weighted by molar-refractivity contribution is -0.140. The summed E-state index contributed by atoms with van der Waals surface area (Å²) in [5, 5.41) is 11.3. The molecule has 7 heteroatoms. The van der Waals surface area contributed by atoms with Crippen LogP contribution in [-0.4, -0.2) is 47.4 Å². The topological polar surface area (TPSA) is 83.0 Å². The minimum atomic E-state index is -0.744. The predicted molar refractivity (Wildman–Crippen MR) is 135 cm³/mol. The van der Waals surface area contributed by atoms with Crippen LogP contribution in [0, 0.1) is 0 Å². The SMILES string of the molecule is CCCOc1cccc(/C(O)=C2/C(=O)C(=O)N(Cc3cccnc3)C2c2ccc(N(C)C)cc2)c1. The maximum absolute atomic E-state index is 13.3. The van der Waals surface area contributed by atoms with Crippen molar-refractivity contribution >= 4 is 23.1 Å². The van der Waals surface area contributed by atoms with Crippen molar-refractivity contribution in [3.63, 3.8) is 0 Å². The van der Waals surface area contributed by atoms with E-state index in [1.54, 1.807) is 42.7 Å². The number of ketones is 1. The zero-order valence-electron chi connectivity index (χ0n) is 20.1. The molecule has 0 saturated carbocycles. The summed E-state index contributed by atoms with van der Waals surface area (Å²) < 4.78 is 5.70. The number of hydrogen-bond acceptors (Lipinski definition) is 6. The first-order valence-corrected chi connectivity index (χ1v) is 11.6. The quantitative estimate of drug-likeness (QED) is 0.295. The Kier molecular flexibility index (Phi) is 7.15. The van der Waals surface area contributed by atoms with Gasteiger partial charge in [0.1, 0.15) is 11.5 Å². The largest absolute Gasteiger partial charge is 0.507 e. The van der Waals surface area contributed by atoms with Crippen molar-refractivity contribution < 1.29 is 19.4 Å². The molecular formula is C28H29N3O4. The number of ether oxygens (including phenoxy) is 1. The fourth-order valence-corrected chi connectivity index (χ4v) is 4.14. The van der Waals surface area contributed by atoms with Crippen LogP contribution in [-0.2, 0) is 16.1 Å². The van der Waals surface area contributed by atoms with Gasteiger partial charge in [0, 0.05) is 44.3 Å². The van der Waals surface area contributed by atoms with Gasteiger partial charge in [-0.2, -0.15) is 0 Å². The number of aromatic nitrogens is 1. The first kappa shape index (κ1) is 24.0. The van der Waals surface area contributed by atoms with Gasteiger partial charge in [-0.3, -0.25) is 14.6 Å². The fourth-order valence-electron chi connectivity index (χ4n) is 4.14. The van der Waals surface area contributed by atoms with Crippen molar-refractivity contribution in [2.24, 2.45) is 0 Å². The first-order valence-electron chi connectivity index (χ1n) is 11.6. The Balaban J connectivity index is 1.82. The van der Waals surface area contributed by atoms with E-state index < -0.39 is 17.7 Å². The lowest BCUT2D eigenvalue weighted by Gasteiger charge is -2.26. The Morgan fingerprint density at radius 3 is 2.51 bits per heavy atom. The molecule has 1 aliphatic heterocycles. The molecule has 2 heterocycles. The number of carbonyl (C=O) groups is 2. The summed E-state index contributed by atoms with van der Waals surface area (Å²) in [6, 6.07) is 17.5. The van der Waals surface area contributed by atoms with Crippen molar-refractivity contribution in [2.75, 3.05) is 25.6 Å². The van der Waals surface area contributed by atoms with Gasteiger partial charge in [-0.25, -0.2) is 0 Å². The Morgan fingerprint density at radius 1 is 1.09 bits per heavy atom. The van der Waals surface area contributed by atoms with Crippen molar-refractivity contribution in [1.82, 2.24) is 9.88 Å². The van der Waals surface area contributed by atoms with Crippen LogP contribution in [0.5, 0.6) is 5.75 Å². The van der Waals surface area contributed by atoms with Gasteiger partial charge in [0.15, 0.2) is 0 Å². The van der Waals surface area contributed by atoms with Crippen LogP contribution in [0.15, 0.2) is 78.6 Å². The van der Waals surface area contributed by atoms with Crippen LogP contribution in [0.2, 0.25) is 0 Å². The van der Waals surface area contributed by atoms with Gasteiger partial charge < -0.3 is 19.6 Å². The van der Waals surface area contributed by atoms with E-state index in [0.717, 1.165) is 23.2 Å². The summed E-state index contributed by atoms with van der Waals surface area (Å²) >= 11 is 0. The number of amides is 1. The smallest absolute Gasteiger partial charge is 0.295 e. The third-order valence-corrected chi connectivity index (χ3v) is 5.92. The monoisotopic (exact) mass is 471 g/mol. The van der Waals surface area contributed by atoms with Crippen LogP contribution in [0.25, 0.3) is 5.76 Å². The van der Waals surface area contributed by atoms with Crippen molar-refractivity contribution in [2.45, 2.75) is 25.9 Å². The summed E-state index contributed by atoms with van der Waals surface area (Å²) in [6.07, 6.45) is 4.17. The zero-order valence-corrected chi connectivity index (χ0v) is 20.1. The van der Waals surface area contributed by atoms with E-state index in [1.165, 1.54) is 4.90 Å². The highest BCUT2D eigenvalue weighted by Crippen LogP contribution is 2.41. The third kappa shape index (κ3) is 5.04. The molecule has 1 atom stereocenters. The number of benzene rings is 2. The van der Waals surface area contributed by atoms with E-state index in [2.05, 4.69) is 4.98 Å². The van der Waals surface area contributed by atoms with E-state index in [9.17, 15) is 14.7 Å². The highest BCUT2D eigenvalue weighted by molar-refractivity contribution is 6.46. The number of Topliss-reactive ketones (excluding diaryl/α,β-unsaturated/α-hetero) is 1. The third-order valence-electron chi connectivity index (χ3n) is 5.92. The Hall–Kier alpha value is -4.13. The second-order valence-corrected chi connectivity index (χ2v) is 8.65. The number of hydrogen-bond donors (Lipinski definition) is 1. The molecule has 35 heavy (non-hydrogen) atoms. The van der Waals surface area contributed by atoms with E-state index in [1.807, 2.05) is 56.3 Å². The summed E-state index contributed by atoms with van der Waals surface area (Å²) in [4.78, 5) is 34.1. The molecule has 1 aliphatic rings. The number of nitrogens with zero attached hydrogens (tertiary/aromatic N) is 3. The lowest BCUT2D eigenvalue weighted by atomic mass is 9.95. The molecular weight excluding hydrogens is 442 g/mol. The summed E-state index contributed by atoms with van der Waals surface area (Å²) in [7, 11) is 3.88. The van der Waals surface area contributed by atoms with Crippen molar-refractivity contribution in [1.29, 1.82) is 0 Å². The molecule has 180 valence electrons. The highest BCUT2D eigenvalue weighted by Gasteiger charge is 2.46. The standard InChI is InChI=1S/C28H29N3O4/c1-4-15-35-23-9-5-8-21(16-23)26(32)24-25(20-10-12-22(13-11-20)30(2)3)31(28(34)27(24)33)18-19-7-6-14-29-17-19/h5-14,16-17,25,32H,4,15,18H2,1-3H3/b26-24-. The zero-order chi connectivity index (χ0) is 24.9. The van der Waals surface area contributed by atoms with E-state index in [-0.39, 0.29) is 17.9 Å². The fraction of sp³-hybridized carbons (Fsp3) is 0.250. The highest BCUT2D eigenvalue weighted by atomic mass is 16.5. The van der Waals surface area contributed by atoms with Gasteiger partial charge >= 0.3 is 0 Å². The van der Waals surface area contributed by atoms with Crippen LogP contribution in [0.1, 0.15) is 36.1 Å². The molecule has 0 aliphatic carbocycles. The Morgan fingerprint density at radius 2 is 1.86 bits per heavy atom. The summed E-state index contributed by atoms with van der Waals surface area (Å²) in [5.74, 6) is -1.00. The predicted octanol–water partition coefficient (Wildman–Crippen LogP) is 4.56. The molecule has 0 radical (unpaired) electrons. The molecule has 7 nitrogen and oxygen atoms in total. The van der Waals surface area contributed by atoms with Gasteiger partial charge in [0.2, 0.25) is 0 Å². The number of aliphatic hydroxyl groups excluding tert-OH is 1. The second kappa shape index (κ2) is 10.4. The molecule has 1 amide bonds. The minimum absolute atomic E-state index is 0.0594. The van der Waals surface area contributed by atoms with Gasteiger partial charge in [-0.1, -0.05) is 37.3 Å². The van der Waals surface area contributed by atoms with E-state index in [4.69, 9.17) is 4.74 Å². The first-order chi connectivity index (χ1) is 16.9. The number of likely N-dealkylation sites (tertiary alicyclic amines) is 1. The molecule has 0 spiro atoms. The Bertz CT molecular complexity index is 1240. The van der Waals surface area contributed by atoms with Gasteiger partial charge in [-0.05, 0) is 47.9 Å². The van der Waals surface area contributed by atoms with E-state index >= 15 is 0 Å². The normalized spacial score (nSPS) is 17.0. The number of aliphatic hydroxyl groups is 1. The molecule has 1 saturated heterocycles. The van der Waals surface area contributed by atoms with Crippen LogP contribution in [0.3, 0.4) is 0 Å². The van der Waals surface area contributed by atoms with Gasteiger partial charge in [0.25, 0.3) is 11.7 Å². The molecule has 0 bridgehead atoms. The second-order valence-electron chi connectivity index (χ2n) is 8.65. The average molecular weight is 472 g/mol. The average Bonchev–Trinajstić information content (AvgIpc) is 3.12. The molecule has 2 aromatic carbocycles. The number of pyridine rings is 1. The number of carbonyl (C=O) groups excluding carboxylic acids is 2. The van der Waals surface area contributed by atoms with Crippen LogP contribution < -0.4 is 9.64 Å². The van der Waals surface area contributed by atoms with Crippen molar-refractivity contribution in [3.05, 3.63) is 95.3 Å². The lowest BCUT2D eigenvalue weighted by Crippen LogP contribution is -2.29. The molecule has 1 N–H and O–H groups in total. The number of rotatable bonds is 8. The maximum atomic E-state index is 13.3. The molecule has 1 unspecified atom stereocenters. The van der Waals surface area contributed by atoms with Crippen LogP contribution >= 0.6 is 0 Å². The number of anilines is 1. The van der Waals surface area contributed by atoms with Gasteiger partial charge in [-0.15, -0.1) is 0 Å². The minimum Gasteiger partial charge on any atom is -0.507 e. The van der Waals surface area contributed by atoms with Crippen LogP contribution in [0.4, 0.5) is 5.69 Å². The molecule has 3 aromatic rings. The maximum Gasteiger partial charge on any atom is 0.295 e. The van der Waals surface area contributed by atoms with Crippen molar-refractivity contribution in [3.8, 4) is 5.75 Å². The molecule has 4 rings (SSSR count). The summed E-state index contributed by atoms with van der Waals surface area (Å²) in [5.41, 5.74) is 2.99. The Labute approximate surface area is 205 Å². The molecule has 1 aromatic heterocycles. The van der Waals surface area contributed by atoms with E-state index in [0.29, 0.717) is 17.9 Å². The summed E-state index contributed by atoms with van der Waals surface area (Å²) in [6.45, 7) is 2.74. The molecule has 1 fully saturated rings. The van der Waals surface area contributed by atoms with Gasteiger partial charge in [0.05, 0.1) is 18.2 Å².